The number of esters is 1. The van der Waals surface area contributed by atoms with E-state index in [-0.39, 0.29) is 12.5 Å². The molecule has 1 atom stereocenters. The van der Waals surface area contributed by atoms with Crippen LogP contribution >= 0.6 is 11.8 Å². The maximum absolute atomic E-state index is 11.9. The molecule has 23 heavy (non-hydrogen) atoms. The molecule has 1 rings (SSSR count). The number of nitrogens with zero attached hydrogens (tertiary/aromatic N) is 1. The number of hydrogen-bond acceptors (Lipinski definition) is 6. The van der Waals surface area contributed by atoms with Gasteiger partial charge < -0.3 is 15.4 Å². The Morgan fingerprint density at radius 3 is 2.78 bits per heavy atom. The highest BCUT2D eigenvalue weighted by atomic mass is 32.2. The molecule has 0 heterocycles. The number of nitrogens with one attached hydrogen (secondary N) is 2. The number of benzene rings is 1. The minimum absolute atomic E-state index is 0.0620. The van der Waals surface area contributed by atoms with Crippen molar-refractivity contribution in [1.82, 2.24) is 10.6 Å². The van der Waals surface area contributed by atoms with E-state index in [1.165, 1.54) is 7.11 Å². The number of carbonyl (C=O) groups is 2. The van der Waals surface area contributed by atoms with Crippen LogP contribution in [0.3, 0.4) is 0 Å². The van der Waals surface area contributed by atoms with Gasteiger partial charge in [-0.1, -0.05) is 18.2 Å². The standard InChI is InChI=1S/C16H21N3O3S/c1-22-16(21)14(7-8-23-2)19-15(20)11-18-10-13-6-4-3-5-12(13)9-17/h3-6,14,18H,7-8,10-11H2,1-2H3,(H,19,20). The van der Waals surface area contributed by atoms with Crippen molar-refractivity contribution in [2.45, 2.75) is 19.0 Å². The Bertz CT molecular complexity index is 572. The lowest BCUT2D eigenvalue weighted by Gasteiger charge is -2.16. The third kappa shape index (κ3) is 6.72. The van der Waals surface area contributed by atoms with Crippen LogP contribution in [0, 0.1) is 11.3 Å². The van der Waals surface area contributed by atoms with E-state index in [1.807, 2.05) is 18.4 Å². The average molecular weight is 335 g/mol. The molecule has 0 aliphatic heterocycles. The first-order valence-corrected chi connectivity index (χ1v) is 8.56. The summed E-state index contributed by atoms with van der Waals surface area (Å²) in [5.74, 6) is 0.0291. The second kappa shape index (κ2) is 10.6. The van der Waals surface area contributed by atoms with Gasteiger partial charge in [0.25, 0.3) is 0 Å². The van der Waals surface area contributed by atoms with Crippen molar-refractivity contribution in [3.8, 4) is 6.07 Å². The van der Waals surface area contributed by atoms with E-state index in [0.717, 1.165) is 11.3 Å². The van der Waals surface area contributed by atoms with E-state index < -0.39 is 12.0 Å². The number of hydrogen-bond donors (Lipinski definition) is 2. The minimum Gasteiger partial charge on any atom is -0.467 e. The molecule has 2 N–H and O–H groups in total. The van der Waals surface area contributed by atoms with Crippen LogP contribution in [-0.4, -0.2) is 43.6 Å². The highest BCUT2D eigenvalue weighted by Gasteiger charge is 2.20. The summed E-state index contributed by atoms with van der Waals surface area (Å²) >= 11 is 1.60. The highest BCUT2D eigenvalue weighted by Crippen LogP contribution is 2.06. The fourth-order valence-corrected chi connectivity index (χ4v) is 2.44. The molecule has 6 nitrogen and oxygen atoms in total. The fourth-order valence-electron chi connectivity index (χ4n) is 1.97. The van der Waals surface area contributed by atoms with Gasteiger partial charge in [0.15, 0.2) is 0 Å². The molecule has 0 bridgehead atoms. The molecule has 0 aromatic heterocycles. The second-order valence-corrected chi connectivity index (χ2v) is 5.78. The van der Waals surface area contributed by atoms with E-state index in [2.05, 4.69) is 16.7 Å². The summed E-state index contributed by atoms with van der Waals surface area (Å²) in [6.07, 6.45) is 2.46. The maximum atomic E-state index is 11.9. The van der Waals surface area contributed by atoms with Gasteiger partial charge in [0.1, 0.15) is 6.04 Å². The summed E-state index contributed by atoms with van der Waals surface area (Å²) in [5.41, 5.74) is 1.41. The zero-order valence-electron chi connectivity index (χ0n) is 13.3. The first-order valence-electron chi connectivity index (χ1n) is 7.17. The summed E-state index contributed by atoms with van der Waals surface area (Å²) in [6, 6.07) is 8.67. The summed E-state index contributed by atoms with van der Waals surface area (Å²) in [6.45, 7) is 0.470. The van der Waals surface area contributed by atoms with Gasteiger partial charge in [-0.3, -0.25) is 4.79 Å². The Morgan fingerprint density at radius 2 is 2.13 bits per heavy atom. The molecular weight excluding hydrogens is 314 g/mol. The van der Waals surface area contributed by atoms with E-state index in [0.29, 0.717) is 18.5 Å². The first kappa shape index (κ1) is 19.0. The Balaban J connectivity index is 2.46. The Kier molecular flexibility index (Phi) is 8.80. The molecule has 1 amide bonds. The van der Waals surface area contributed by atoms with Gasteiger partial charge in [-0.15, -0.1) is 0 Å². The molecule has 0 aliphatic rings. The molecule has 124 valence electrons. The molecule has 0 radical (unpaired) electrons. The topological polar surface area (TPSA) is 91.2 Å². The summed E-state index contributed by atoms with van der Waals surface area (Å²) in [5, 5.41) is 14.6. The molecule has 0 fully saturated rings. The van der Waals surface area contributed by atoms with Crippen LogP contribution in [0.2, 0.25) is 0 Å². The summed E-state index contributed by atoms with van der Waals surface area (Å²) in [4.78, 5) is 23.6. The predicted octanol–water partition coefficient (Wildman–Crippen LogP) is 1.06. The maximum Gasteiger partial charge on any atom is 0.328 e. The normalized spacial score (nSPS) is 11.3. The van der Waals surface area contributed by atoms with Crippen LogP contribution in [-0.2, 0) is 20.9 Å². The predicted molar refractivity (Wildman–Crippen MR) is 89.8 cm³/mol. The van der Waals surface area contributed by atoms with Crippen molar-refractivity contribution in [2.24, 2.45) is 0 Å². The number of amides is 1. The van der Waals surface area contributed by atoms with Gasteiger partial charge in [0.2, 0.25) is 5.91 Å². The number of rotatable bonds is 9. The Hall–Kier alpha value is -2.04. The quantitative estimate of drug-likeness (QED) is 0.656. The van der Waals surface area contributed by atoms with Gasteiger partial charge in [-0.25, -0.2) is 4.79 Å². The van der Waals surface area contributed by atoms with Crippen LogP contribution in [0.25, 0.3) is 0 Å². The lowest BCUT2D eigenvalue weighted by Crippen LogP contribution is -2.45. The van der Waals surface area contributed by atoms with Gasteiger partial charge in [-0.05, 0) is 30.1 Å². The van der Waals surface area contributed by atoms with Crippen molar-refractivity contribution in [1.29, 1.82) is 5.26 Å². The zero-order chi connectivity index (χ0) is 17.1. The molecule has 0 aliphatic carbocycles. The van der Waals surface area contributed by atoms with Crippen LogP contribution in [0.15, 0.2) is 24.3 Å². The minimum atomic E-state index is -0.631. The zero-order valence-corrected chi connectivity index (χ0v) is 14.1. The fraction of sp³-hybridized carbons (Fsp3) is 0.438. The van der Waals surface area contributed by atoms with Crippen molar-refractivity contribution in [2.75, 3.05) is 25.7 Å². The van der Waals surface area contributed by atoms with Crippen molar-refractivity contribution >= 4 is 23.6 Å². The first-order chi connectivity index (χ1) is 11.1. The van der Waals surface area contributed by atoms with E-state index >= 15 is 0 Å². The highest BCUT2D eigenvalue weighted by molar-refractivity contribution is 7.98. The third-order valence-corrected chi connectivity index (χ3v) is 3.81. The molecule has 1 aromatic carbocycles. The van der Waals surface area contributed by atoms with Crippen molar-refractivity contribution in [3.63, 3.8) is 0 Å². The number of carbonyl (C=O) groups excluding carboxylic acids is 2. The van der Waals surface area contributed by atoms with Crippen molar-refractivity contribution < 1.29 is 14.3 Å². The molecular formula is C16H21N3O3S. The number of nitriles is 1. The van der Waals surface area contributed by atoms with Crippen LogP contribution in [0.1, 0.15) is 17.5 Å². The van der Waals surface area contributed by atoms with Crippen LogP contribution in [0.5, 0.6) is 0 Å². The van der Waals surface area contributed by atoms with E-state index in [4.69, 9.17) is 10.00 Å². The number of ether oxygens (including phenoxy) is 1. The summed E-state index contributed by atoms with van der Waals surface area (Å²) in [7, 11) is 1.30. The van der Waals surface area contributed by atoms with E-state index in [9.17, 15) is 9.59 Å². The second-order valence-electron chi connectivity index (χ2n) is 4.80. The van der Waals surface area contributed by atoms with Gasteiger partial charge in [-0.2, -0.15) is 17.0 Å². The average Bonchev–Trinajstić information content (AvgIpc) is 2.58. The Morgan fingerprint density at radius 1 is 1.39 bits per heavy atom. The van der Waals surface area contributed by atoms with Crippen LogP contribution < -0.4 is 10.6 Å². The molecule has 0 spiro atoms. The monoisotopic (exact) mass is 335 g/mol. The van der Waals surface area contributed by atoms with E-state index in [1.54, 1.807) is 23.9 Å². The largest absolute Gasteiger partial charge is 0.467 e. The van der Waals surface area contributed by atoms with Crippen LogP contribution in [0.4, 0.5) is 0 Å². The molecule has 1 aromatic rings. The van der Waals surface area contributed by atoms with Crippen molar-refractivity contribution in [3.05, 3.63) is 35.4 Å². The summed E-state index contributed by atoms with van der Waals surface area (Å²) < 4.78 is 4.69. The molecule has 7 heteroatoms. The SMILES string of the molecule is COC(=O)C(CCSC)NC(=O)CNCc1ccccc1C#N. The van der Waals surface area contributed by atoms with Gasteiger partial charge in [0, 0.05) is 6.54 Å². The van der Waals surface area contributed by atoms with Gasteiger partial charge in [0.05, 0.1) is 25.3 Å². The lowest BCUT2D eigenvalue weighted by atomic mass is 10.1. The number of methoxy groups -OCH3 is 1. The molecule has 0 saturated carbocycles. The molecule has 1 unspecified atom stereocenters. The van der Waals surface area contributed by atoms with Gasteiger partial charge >= 0.3 is 5.97 Å². The lowest BCUT2D eigenvalue weighted by molar-refractivity contribution is -0.145. The third-order valence-electron chi connectivity index (χ3n) is 3.17. The smallest absolute Gasteiger partial charge is 0.328 e. The molecule has 0 saturated heterocycles. The number of thioether (sulfide) groups is 1. The Labute approximate surface area is 140 Å².